The van der Waals surface area contributed by atoms with Gasteiger partial charge in [-0.1, -0.05) is 13.8 Å². The lowest BCUT2D eigenvalue weighted by Gasteiger charge is -2.24. The molecule has 0 radical (unpaired) electrons. The molecule has 0 amide bonds. The van der Waals surface area contributed by atoms with Crippen LogP contribution in [0.25, 0.3) is 0 Å². The Balaban J connectivity index is 2.09. The first-order chi connectivity index (χ1) is 9.24. The molecule has 1 heterocycles. The quantitative estimate of drug-likeness (QED) is 0.777. The van der Waals surface area contributed by atoms with Crippen molar-refractivity contribution in [3.63, 3.8) is 0 Å². The van der Waals surface area contributed by atoms with Crippen molar-refractivity contribution >= 4 is 5.82 Å². The van der Waals surface area contributed by atoms with Crippen LogP contribution in [-0.4, -0.2) is 24.6 Å². The van der Waals surface area contributed by atoms with Crippen LogP contribution in [0.3, 0.4) is 0 Å². The maximum atomic E-state index is 4.58. The van der Waals surface area contributed by atoms with Crippen molar-refractivity contribution in [2.75, 3.05) is 24.5 Å². The lowest BCUT2D eigenvalue weighted by atomic mass is 10.1. The van der Waals surface area contributed by atoms with Crippen LogP contribution in [0.2, 0.25) is 0 Å². The van der Waals surface area contributed by atoms with Gasteiger partial charge in [-0.2, -0.15) is 0 Å². The minimum Gasteiger partial charge on any atom is -0.356 e. The molecule has 1 aliphatic rings. The molecule has 106 valence electrons. The summed E-state index contributed by atoms with van der Waals surface area (Å²) in [5.74, 6) is 2.05. The Hall–Kier alpha value is -1.09. The number of anilines is 1. The van der Waals surface area contributed by atoms with Gasteiger partial charge in [-0.25, -0.2) is 4.98 Å². The standard InChI is InChI=1S/C16H27N3/c1-4-10-19(12-14-6-7-14)16-11-15(8-9-18-16)13(3)17-5-2/h8-9,11,13-14,17H,4-7,10,12H2,1-3H3. The van der Waals surface area contributed by atoms with Gasteiger partial charge < -0.3 is 10.2 Å². The minimum atomic E-state index is 0.399. The molecule has 0 saturated heterocycles. The van der Waals surface area contributed by atoms with E-state index < -0.39 is 0 Å². The number of nitrogens with one attached hydrogen (secondary N) is 1. The van der Waals surface area contributed by atoms with Crippen molar-refractivity contribution in [3.05, 3.63) is 23.9 Å². The lowest BCUT2D eigenvalue weighted by Crippen LogP contribution is -2.28. The van der Waals surface area contributed by atoms with Crippen molar-refractivity contribution in [2.45, 2.75) is 46.1 Å². The molecule has 2 rings (SSSR count). The van der Waals surface area contributed by atoms with Gasteiger partial charge >= 0.3 is 0 Å². The third kappa shape index (κ3) is 4.20. The fourth-order valence-electron chi connectivity index (χ4n) is 2.48. The van der Waals surface area contributed by atoms with Crippen molar-refractivity contribution in [2.24, 2.45) is 5.92 Å². The first-order valence-corrected chi connectivity index (χ1v) is 7.68. The minimum absolute atomic E-state index is 0.399. The highest BCUT2D eigenvalue weighted by molar-refractivity contribution is 5.42. The number of pyridine rings is 1. The molecule has 1 aromatic heterocycles. The van der Waals surface area contributed by atoms with Gasteiger partial charge in [0.25, 0.3) is 0 Å². The summed E-state index contributed by atoms with van der Waals surface area (Å²) in [6.07, 6.45) is 5.93. The Bertz CT molecular complexity index is 387. The zero-order chi connectivity index (χ0) is 13.7. The maximum Gasteiger partial charge on any atom is 0.128 e. The van der Waals surface area contributed by atoms with Gasteiger partial charge in [0.05, 0.1) is 0 Å². The van der Waals surface area contributed by atoms with E-state index in [4.69, 9.17) is 0 Å². The molecule has 3 heteroatoms. The third-order valence-corrected chi connectivity index (χ3v) is 3.77. The second-order valence-electron chi connectivity index (χ2n) is 5.62. The molecule has 1 atom stereocenters. The van der Waals surface area contributed by atoms with Gasteiger partial charge in [0.15, 0.2) is 0 Å². The first kappa shape index (κ1) is 14.3. The second kappa shape index (κ2) is 6.90. The van der Waals surface area contributed by atoms with Crippen LogP contribution in [0.5, 0.6) is 0 Å². The first-order valence-electron chi connectivity index (χ1n) is 7.68. The van der Waals surface area contributed by atoms with Gasteiger partial charge in [-0.05, 0) is 56.3 Å². The fraction of sp³-hybridized carbons (Fsp3) is 0.688. The van der Waals surface area contributed by atoms with Crippen LogP contribution in [0.4, 0.5) is 5.82 Å². The summed E-state index contributed by atoms with van der Waals surface area (Å²) in [4.78, 5) is 7.04. The van der Waals surface area contributed by atoms with Crippen LogP contribution < -0.4 is 10.2 Å². The molecule has 0 spiro atoms. The fourth-order valence-corrected chi connectivity index (χ4v) is 2.48. The van der Waals surface area contributed by atoms with E-state index in [1.165, 1.54) is 31.4 Å². The molecule has 1 N–H and O–H groups in total. The van der Waals surface area contributed by atoms with Crippen molar-refractivity contribution in [3.8, 4) is 0 Å². The van der Waals surface area contributed by atoms with E-state index in [-0.39, 0.29) is 0 Å². The Labute approximate surface area is 117 Å². The highest BCUT2D eigenvalue weighted by atomic mass is 15.2. The largest absolute Gasteiger partial charge is 0.356 e. The summed E-state index contributed by atoms with van der Waals surface area (Å²) < 4.78 is 0. The Morgan fingerprint density at radius 3 is 2.84 bits per heavy atom. The van der Waals surface area contributed by atoms with E-state index in [1.54, 1.807) is 0 Å². The smallest absolute Gasteiger partial charge is 0.128 e. The molecule has 1 fully saturated rings. The lowest BCUT2D eigenvalue weighted by molar-refractivity contribution is 0.596. The van der Waals surface area contributed by atoms with E-state index in [1.807, 2.05) is 6.20 Å². The SMILES string of the molecule is CCCN(CC1CC1)c1cc(C(C)NCC)ccn1. The normalized spacial score (nSPS) is 16.4. The zero-order valence-corrected chi connectivity index (χ0v) is 12.5. The summed E-state index contributed by atoms with van der Waals surface area (Å²) >= 11 is 0. The number of hydrogen-bond acceptors (Lipinski definition) is 3. The van der Waals surface area contributed by atoms with Crippen molar-refractivity contribution in [1.29, 1.82) is 0 Å². The number of nitrogens with zero attached hydrogens (tertiary/aromatic N) is 2. The van der Waals surface area contributed by atoms with Crippen LogP contribution in [0, 0.1) is 5.92 Å². The number of rotatable bonds is 8. The van der Waals surface area contributed by atoms with Crippen LogP contribution >= 0.6 is 0 Å². The van der Waals surface area contributed by atoms with E-state index in [0.717, 1.165) is 24.8 Å². The topological polar surface area (TPSA) is 28.2 Å². The van der Waals surface area contributed by atoms with Crippen LogP contribution in [0.15, 0.2) is 18.3 Å². The van der Waals surface area contributed by atoms with Gasteiger partial charge in [0.2, 0.25) is 0 Å². The Morgan fingerprint density at radius 2 is 2.21 bits per heavy atom. The molecule has 0 bridgehead atoms. The molecule has 1 unspecified atom stereocenters. The average Bonchev–Trinajstić information content (AvgIpc) is 3.23. The molecule has 1 aromatic rings. The predicted octanol–water partition coefficient (Wildman–Crippen LogP) is 3.38. The Kier molecular flexibility index (Phi) is 5.20. The molecule has 3 nitrogen and oxygen atoms in total. The van der Waals surface area contributed by atoms with E-state index in [2.05, 4.69) is 48.1 Å². The molecule has 0 aliphatic heterocycles. The molecular formula is C16H27N3. The maximum absolute atomic E-state index is 4.58. The number of aromatic nitrogens is 1. The predicted molar refractivity (Wildman–Crippen MR) is 81.6 cm³/mol. The average molecular weight is 261 g/mol. The van der Waals surface area contributed by atoms with E-state index in [9.17, 15) is 0 Å². The molecule has 19 heavy (non-hydrogen) atoms. The van der Waals surface area contributed by atoms with Gasteiger partial charge in [-0.15, -0.1) is 0 Å². The van der Waals surface area contributed by atoms with E-state index >= 15 is 0 Å². The molecule has 0 aromatic carbocycles. The highest BCUT2D eigenvalue weighted by Gasteiger charge is 2.24. The van der Waals surface area contributed by atoms with E-state index in [0.29, 0.717) is 6.04 Å². The summed E-state index contributed by atoms with van der Waals surface area (Å²) in [6, 6.07) is 4.78. The van der Waals surface area contributed by atoms with Gasteiger partial charge in [0, 0.05) is 25.3 Å². The van der Waals surface area contributed by atoms with Crippen LogP contribution in [0.1, 0.15) is 51.6 Å². The van der Waals surface area contributed by atoms with Crippen LogP contribution in [-0.2, 0) is 0 Å². The zero-order valence-electron chi connectivity index (χ0n) is 12.5. The van der Waals surface area contributed by atoms with Gasteiger partial charge in [-0.3, -0.25) is 0 Å². The Morgan fingerprint density at radius 1 is 1.42 bits per heavy atom. The van der Waals surface area contributed by atoms with Crippen molar-refractivity contribution in [1.82, 2.24) is 10.3 Å². The monoisotopic (exact) mass is 261 g/mol. The summed E-state index contributed by atoms with van der Waals surface area (Å²) in [5, 5.41) is 3.47. The molecule has 1 saturated carbocycles. The summed E-state index contributed by atoms with van der Waals surface area (Å²) in [6.45, 7) is 9.90. The summed E-state index contributed by atoms with van der Waals surface area (Å²) in [5.41, 5.74) is 1.34. The molecule has 1 aliphatic carbocycles. The molecular weight excluding hydrogens is 234 g/mol. The van der Waals surface area contributed by atoms with Crippen molar-refractivity contribution < 1.29 is 0 Å². The summed E-state index contributed by atoms with van der Waals surface area (Å²) in [7, 11) is 0. The number of hydrogen-bond donors (Lipinski definition) is 1. The second-order valence-corrected chi connectivity index (χ2v) is 5.62. The third-order valence-electron chi connectivity index (χ3n) is 3.77. The highest BCUT2D eigenvalue weighted by Crippen LogP contribution is 2.31. The van der Waals surface area contributed by atoms with Gasteiger partial charge in [0.1, 0.15) is 5.82 Å².